The van der Waals surface area contributed by atoms with Gasteiger partial charge in [0.05, 0.1) is 11.4 Å². The molecule has 29 heavy (non-hydrogen) atoms. The lowest BCUT2D eigenvalue weighted by atomic mass is 9.86. The van der Waals surface area contributed by atoms with Crippen molar-refractivity contribution in [3.8, 4) is 0 Å². The van der Waals surface area contributed by atoms with E-state index in [9.17, 15) is 0 Å². The standard InChI is InChI=1S/C25H32N4/c1-3-4-12-23(13-10-17-27-21-25-15-6-8-19-29-25)22(2)11-9-16-26-20-24-14-5-7-18-28-24/h3,5-8,12,14-15,18-23H,9-11,13,16-17H2,1-2H3/b26-20+,27-21+. The number of hydrogen-bond donors (Lipinski definition) is 0. The summed E-state index contributed by atoms with van der Waals surface area (Å²) in [4.78, 5) is 17.5. The van der Waals surface area contributed by atoms with Crippen LogP contribution in [0.15, 0.2) is 76.7 Å². The molecule has 2 unspecified atom stereocenters. The summed E-state index contributed by atoms with van der Waals surface area (Å²) in [5.74, 6) is 1.13. The number of nitrogens with zero attached hydrogens (tertiary/aromatic N) is 4. The highest BCUT2D eigenvalue weighted by Crippen LogP contribution is 2.23. The monoisotopic (exact) mass is 388 g/mol. The van der Waals surface area contributed by atoms with E-state index in [-0.39, 0.29) is 0 Å². The van der Waals surface area contributed by atoms with Gasteiger partial charge in [0.25, 0.3) is 0 Å². The molecule has 0 aromatic carbocycles. The molecule has 0 bridgehead atoms. The molecule has 0 aliphatic rings. The van der Waals surface area contributed by atoms with Crippen molar-refractivity contribution in [1.82, 2.24) is 9.97 Å². The van der Waals surface area contributed by atoms with E-state index in [1.165, 1.54) is 0 Å². The number of aromatic nitrogens is 2. The molecule has 4 nitrogen and oxygen atoms in total. The molecule has 0 saturated carbocycles. The maximum Gasteiger partial charge on any atom is 0.0807 e. The third-order valence-electron chi connectivity index (χ3n) is 4.80. The SMILES string of the molecule is CC=C=CC(CCC/N=C/c1ccccn1)C(C)CCC/N=C/c1ccccn1. The molecular formula is C25H32N4. The Morgan fingerprint density at radius 3 is 2.00 bits per heavy atom. The van der Waals surface area contributed by atoms with Gasteiger partial charge in [-0.25, -0.2) is 0 Å². The molecule has 2 aromatic heterocycles. The van der Waals surface area contributed by atoms with Gasteiger partial charge in [0.15, 0.2) is 0 Å². The van der Waals surface area contributed by atoms with Crippen molar-refractivity contribution in [2.45, 2.75) is 39.5 Å². The van der Waals surface area contributed by atoms with Gasteiger partial charge in [-0.05, 0) is 80.9 Å². The van der Waals surface area contributed by atoms with Crippen molar-refractivity contribution < 1.29 is 0 Å². The fraction of sp³-hybridized carbons (Fsp3) is 0.400. The highest BCUT2D eigenvalue weighted by Gasteiger charge is 2.13. The van der Waals surface area contributed by atoms with Crippen LogP contribution in [0.3, 0.4) is 0 Å². The van der Waals surface area contributed by atoms with Crippen LogP contribution < -0.4 is 0 Å². The predicted molar refractivity (Wildman–Crippen MR) is 123 cm³/mol. The Labute approximate surface area is 175 Å². The smallest absolute Gasteiger partial charge is 0.0807 e. The zero-order chi connectivity index (χ0) is 20.6. The zero-order valence-corrected chi connectivity index (χ0v) is 17.6. The number of pyridine rings is 2. The Kier molecular flexibility index (Phi) is 11.0. The molecule has 0 radical (unpaired) electrons. The maximum absolute atomic E-state index is 4.51. The van der Waals surface area contributed by atoms with Gasteiger partial charge in [0, 0.05) is 37.9 Å². The Hall–Kier alpha value is -2.84. The Bertz CT molecular complexity index is 790. The minimum atomic E-state index is 0.524. The lowest BCUT2D eigenvalue weighted by Gasteiger charge is -2.19. The molecule has 0 aliphatic heterocycles. The van der Waals surface area contributed by atoms with Gasteiger partial charge >= 0.3 is 0 Å². The number of rotatable bonds is 12. The maximum atomic E-state index is 4.51. The van der Waals surface area contributed by atoms with Gasteiger partial charge in [0.2, 0.25) is 0 Å². The molecule has 0 amide bonds. The Balaban J connectivity index is 1.72. The van der Waals surface area contributed by atoms with Crippen LogP contribution in [0.25, 0.3) is 0 Å². The predicted octanol–water partition coefficient (Wildman–Crippen LogP) is 5.56. The van der Waals surface area contributed by atoms with Crippen LogP contribution in [-0.4, -0.2) is 35.5 Å². The second kappa shape index (κ2) is 14.2. The Morgan fingerprint density at radius 2 is 1.48 bits per heavy atom. The van der Waals surface area contributed by atoms with Gasteiger partial charge in [-0.2, -0.15) is 0 Å². The summed E-state index contributed by atoms with van der Waals surface area (Å²) in [6.07, 6.45) is 16.0. The van der Waals surface area contributed by atoms with Crippen LogP contribution in [-0.2, 0) is 0 Å². The molecule has 0 spiro atoms. The summed E-state index contributed by atoms with van der Waals surface area (Å²) in [6.45, 7) is 6.02. The first-order chi connectivity index (χ1) is 14.3. The van der Waals surface area contributed by atoms with Crippen LogP contribution in [0.4, 0.5) is 0 Å². The Morgan fingerprint density at radius 1 is 0.897 bits per heavy atom. The van der Waals surface area contributed by atoms with Crippen molar-refractivity contribution in [2.75, 3.05) is 13.1 Å². The summed E-state index contributed by atoms with van der Waals surface area (Å²) in [5.41, 5.74) is 5.11. The van der Waals surface area contributed by atoms with Gasteiger partial charge in [-0.3, -0.25) is 20.0 Å². The molecule has 152 valence electrons. The van der Waals surface area contributed by atoms with E-state index in [4.69, 9.17) is 0 Å². The zero-order valence-electron chi connectivity index (χ0n) is 17.6. The fourth-order valence-corrected chi connectivity index (χ4v) is 3.11. The minimum Gasteiger partial charge on any atom is -0.291 e. The second-order valence-electron chi connectivity index (χ2n) is 7.13. The van der Waals surface area contributed by atoms with Gasteiger partial charge < -0.3 is 0 Å². The van der Waals surface area contributed by atoms with E-state index in [0.717, 1.165) is 50.2 Å². The highest BCUT2D eigenvalue weighted by molar-refractivity contribution is 5.77. The van der Waals surface area contributed by atoms with Crippen molar-refractivity contribution in [2.24, 2.45) is 21.8 Å². The number of hydrogen-bond acceptors (Lipinski definition) is 4. The summed E-state index contributed by atoms with van der Waals surface area (Å²) in [6, 6.07) is 11.7. The third-order valence-corrected chi connectivity index (χ3v) is 4.80. The molecular weight excluding hydrogens is 356 g/mol. The van der Waals surface area contributed by atoms with Crippen LogP contribution >= 0.6 is 0 Å². The second-order valence-corrected chi connectivity index (χ2v) is 7.13. The normalized spacial score (nSPS) is 13.3. The quantitative estimate of drug-likeness (QED) is 0.271. The molecule has 0 fully saturated rings. The van der Waals surface area contributed by atoms with Crippen molar-refractivity contribution in [3.05, 3.63) is 78.1 Å². The average Bonchev–Trinajstić information content (AvgIpc) is 2.76. The highest BCUT2D eigenvalue weighted by atomic mass is 14.8. The van der Waals surface area contributed by atoms with Crippen LogP contribution in [0.5, 0.6) is 0 Å². The van der Waals surface area contributed by atoms with E-state index in [2.05, 4.69) is 38.7 Å². The number of allylic oxidation sites excluding steroid dienone is 1. The van der Waals surface area contributed by atoms with E-state index < -0.39 is 0 Å². The third kappa shape index (κ3) is 9.77. The molecule has 0 N–H and O–H groups in total. The number of aliphatic imine (C=N–C) groups is 2. The fourth-order valence-electron chi connectivity index (χ4n) is 3.11. The van der Waals surface area contributed by atoms with E-state index in [1.54, 1.807) is 12.4 Å². The average molecular weight is 389 g/mol. The van der Waals surface area contributed by atoms with Crippen molar-refractivity contribution >= 4 is 12.4 Å². The summed E-state index contributed by atoms with van der Waals surface area (Å²) >= 11 is 0. The summed E-state index contributed by atoms with van der Waals surface area (Å²) in [7, 11) is 0. The van der Waals surface area contributed by atoms with Crippen molar-refractivity contribution in [1.29, 1.82) is 0 Å². The minimum absolute atomic E-state index is 0.524. The van der Waals surface area contributed by atoms with Gasteiger partial charge in [0.1, 0.15) is 0 Å². The molecule has 2 aromatic rings. The molecule has 0 saturated heterocycles. The molecule has 2 atom stereocenters. The largest absolute Gasteiger partial charge is 0.291 e. The van der Waals surface area contributed by atoms with Gasteiger partial charge in [-0.15, -0.1) is 5.73 Å². The van der Waals surface area contributed by atoms with Crippen LogP contribution in [0, 0.1) is 11.8 Å². The molecule has 4 heteroatoms. The topological polar surface area (TPSA) is 50.5 Å². The van der Waals surface area contributed by atoms with E-state index in [1.807, 2.05) is 61.8 Å². The molecule has 2 rings (SSSR count). The lowest BCUT2D eigenvalue weighted by molar-refractivity contribution is 0.368. The van der Waals surface area contributed by atoms with Crippen molar-refractivity contribution in [3.63, 3.8) is 0 Å². The first kappa shape index (κ1) is 22.4. The first-order valence-corrected chi connectivity index (χ1v) is 10.5. The van der Waals surface area contributed by atoms with E-state index >= 15 is 0 Å². The summed E-state index contributed by atoms with van der Waals surface area (Å²) < 4.78 is 0. The molecule has 2 heterocycles. The summed E-state index contributed by atoms with van der Waals surface area (Å²) in [5, 5.41) is 0. The lowest BCUT2D eigenvalue weighted by Crippen LogP contribution is -2.10. The molecule has 0 aliphatic carbocycles. The van der Waals surface area contributed by atoms with Gasteiger partial charge in [-0.1, -0.05) is 19.1 Å². The van der Waals surface area contributed by atoms with Crippen LogP contribution in [0.1, 0.15) is 50.9 Å². The van der Waals surface area contributed by atoms with E-state index in [0.29, 0.717) is 11.8 Å². The van der Waals surface area contributed by atoms with Crippen LogP contribution in [0.2, 0.25) is 0 Å². The first-order valence-electron chi connectivity index (χ1n) is 10.5.